The molecule has 1 atom stereocenters. The van der Waals surface area contributed by atoms with Crippen LogP contribution in [0.25, 0.3) is 0 Å². The molecule has 2 heterocycles. The zero-order valence-electron chi connectivity index (χ0n) is 12.2. The van der Waals surface area contributed by atoms with Crippen molar-refractivity contribution < 1.29 is 13.2 Å². The van der Waals surface area contributed by atoms with Crippen LogP contribution >= 0.6 is 0 Å². The van der Waals surface area contributed by atoms with E-state index < -0.39 is 21.8 Å². The summed E-state index contributed by atoms with van der Waals surface area (Å²) in [5.74, 6) is -0.710. The highest BCUT2D eigenvalue weighted by molar-refractivity contribution is 7.94. The predicted octanol–water partition coefficient (Wildman–Crippen LogP) is 0.297. The first kappa shape index (κ1) is 15.5. The third kappa shape index (κ3) is 3.07. The fourth-order valence-corrected chi connectivity index (χ4v) is 3.76. The maximum atomic E-state index is 12.2. The highest BCUT2D eigenvalue weighted by Crippen LogP contribution is 2.10. The fraction of sp³-hybridized carbons (Fsp3) is 0.429. The van der Waals surface area contributed by atoms with Gasteiger partial charge in [0.2, 0.25) is 0 Å². The molecule has 0 saturated carbocycles. The maximum absolute atomic E-state index is 12.2. The molecule has 0 saturated heterocycles. The highest BCUT2D eigenvalue weighted by atomic mass is 32.2. The molecule has 0 aromatic carbocycles. The minimum atomic E-state index is -3.24. The van der Waals surface area contributed by atoms with E-state index in [1.807, 2.05) is 13.8 Å². The summed E-state index contributed by atoms with van der Waals surface area (Å²) in [6.45, 7) is 3.78. The first-order chi connectivity index (χ1) is 9.75. The normalized spacial score (nSPS) is 19.7. The number of aryl methyl sites for hydroxylation is 1. The third-order valence-electron chi connectivity index (χ3n) is 3.58. The van der Waals surface area contributed by atoms with Crippen molar-refractivity contribution in [3.8, 4) is 0 Å². The molecule has 0 spiro atoms. The number of hydrogen-bond donors (Lipinski definition) is 1. The molecule has 1 aliphatic heterocycles. The van der Waals surface area contributed by atoms with Crippen LogP contribution < -0.4 is 10.9 Å². The third-order valence-corrected chi connectivity index (χ3v) is 4.98. The second-order valence-electron chi connectivity index (χ2n) is 5.14. The van der Waals surface area contributed by atoms with Gasteiger partial charge in [-0.05, 0) is 31.1 Å². The van der Waals surface area contributed by atoms with E-state index in [2.05, 4.69) is 5.32 Å². The van der Waals surface area contributed by atoms with E-state index in [0.717, 1.165) is 16.7 Å². The molecule has 6 nitrogen and oxygen atoms in total. The lowest BCUT2D eigenvalue weighted by atomic mass is 10.1. The Labute approximate surface area is 123 Å². The smallest absolute Gasteiger partial charge is 0.263 e. The first-order valence-corrected chi connectivity index (χ1v) is 8.38. The van der Waals surface area contributed by atoms with Crippen LogP contribution in [-0.4, -0.2) is 30.7 Å². The quantitative estimate of drug-likeness (QED) is 0.870. The number of aromatic nitrogens is 1. The van der Waals surface area contributed by atoms with Crippen molar-refractivity contribution in [3.05, 3.63) is 44.7 Å². The topological polar surface area (TPSA) is 85.2 Å². The Bertz CT molecular complexity index is 775. The van der Waals surface area contributed by atoms with Crippen LogP contribution in [0.3, 0.4) is 0 Å². The van der Waals surface area contributed by atoms with Gasteiger partial charge < -0.3 is 9.88 Å². The molecule has 7 heteroatoms. The van der Waals surface area contributed by atoms with E-state index in [0.29, 0.717) is 6.42 Å². The second kappa shape index (κ2) is 5.48. The molecule has 0 unspecified atom stereocenters. The molecule has 1 N–H and O–H groups in total. The lowest BCUT2D eigenvalue weighted by molar-refractivity contribution is 0.0945. The average Bonchev–Trinajstić information content (AvgIpc) is 2.73. The van der Waals surface area contributed by atoms with Crippen LogP contribution in [0, 0.1) is 6.92 Å². The lowest BCUT2D eigenvalue weighted by Crippen LogP contribution is -2.39. The summed E-state index contributed by atoms with van der Waals surface area (Å²) in [4.78, 5) is 24.4. The van der Waals surface area contributed by atoms with Crippen molar-refractivity contribution in [1.29, 1.82) is 0 Å². The summed E-state index contributed by atoms with van der Waals surface area (Å²) < 4.78 is 24.1. The van der Waals surface area contributed by atoms with Gasteiger partial charge in [0.25, 0.3) is 11.5 Å². The average molecular weight is 310 g/mol. The van der Waals surface area contributed by atoms with Crippen molar-refractivity contribution in [2.24, 2.45) is 7.05 Å². The standard InChI is InChI=1S/C14H18N2O4S/c1-4-12-9(2)7-11(14(18)16(12)3)13(17)15-10-5-6-21(19,20)8-10/h5-7,10H,4,8H2,1-3H3,(H,15,17)/t10-/m0/s1. The number of hydrogen-bond acceptors (Lipinski definition) is 4. The van der Waals surface area contributed by atoms with Crippen LogP contribution in [0.4, 0.5) is 0 Å². The Morgan fingerprint density at radius 2 is 2.14 bits per heavy atom. The summed E-state index contributed by atoms with van der Waals surface area (Å²) >= 11 is 0. The van der Waals surface area contributed by atoms with Crippen LogP contribution in [0.2, 0.25) is 0 Å². The van der Waals surface area contributed by atoms with Gasteiger partial charge >= 0.3 is 0 Å². The molecule has 114 valence electrons. The van der Waals surface area contributed by atoms with Gasteiger partial charge in [0.05, 0.1) is 11.8 Å². The summed E-state index contributed by atoms with van der Waals surface area (Å²) in [5.41, 5.74) is 1.39. The Hall–Kier alpha value is -1.89. The van der Waals surface area contributed by atoms with E-state index in [1.165, 1.54) is 10.6 Å². The molecule has 0 aliphatic carbocycles. The fourth-order valence-electron chi connectivity index (χ4n) is 2.52. The van der Waals surface area contributed by atoms with Gasteiger partial charge in [0.15, 0.2) is 9.84 Å². The van der Waals surface area contributed by atoms with Crippen molar-refractivity contribution in [1.82, 2.24) is 9.88 Å². The van der Waals surface area contributed by atoms with Crippen molar-refractivity contribution in [2.75, 3.05) is 5.75 Å². The van der Waals surface area contributed by atoms with Gasteiger partial charge in [0, 0.05) is 18.1 Å². The molecule has 0 bridgehead atoms. The van der Waals surface area contributed by atoms with Crippen LogP contribution in [0.5, 0.6) is 0 Å². The SMILES string of the molecule is CCc1c(C)cc(C(=O)N[C@H]2C=CS(=O)(=O)C2)c(=O)n1C. The maximum Gasteiger partial charge on any atom is 0.263 e. The van der Waals surface area contributed by atoms with E-state index in [4.69, 9.17) is 0 Å². The number of nitrogens with one attached hydrogen (secondary N) is 1. The van der Waals surface area contributed by atoms with Crippen LogP contribution in [-0.2, 0) is 23.3 Å². The van der Waals surface area contributed by atoms with Crippen molar-refractivity contribution in [3.63, 3.8) is 0 Å². The van der Waals surface area contributed by atoms with Gasteiger partial charge in [-0.3, -0.25) is 9.59 Å². The number of rotatable bonds is 3. The number of pyridine rings is 1. The summed E-state index contributed by atoms with van der Waals surface area (Å²) in [7, 11) is -1.61. The molecule has 1 aromatic rings. The van der Waals surface area contributed by atoms with Crippen LogP contribution in [0.1, 0.15) is 28.5 Å². The second-order valence-corrected chi connectivity index (χ2v) is 7.07. The van der Waals surface area contributed by atoms with Crippen molar-refractivity contribution in [2.45, 2.75) is 26.3 Å². The number of sulfone groups is 1. The molecule has 21 heavy (non-hydrogen) atoms. The van der Waals surface area contributed by atoms with E-state index in [1.54, 1.807) is 13.1 Å². The predicted molar refractivity (Wildman–Crippen MR) is 80.0 cm³/mol. The van der Waals surface area contributed by atoms with Gasteiger partial charge in [-0.2, -0.15) is 0 Å². The van der Waals surface area contributed by atoms with Crippen molar-refractivity contribution >= 4 is 15.7 Å². The molecule has 0 radical (unpaired) electrons. The van der Waals surface area contributed by atoms with E-state index in [-0.39, 0.29) is 16.9 Å². The molecule has 1 aliphatic rings. The van der Waals surface area contributed by atoms with Gasteiger partial charge in [0.1, 0.15) is 5.56 Å². The summed E-state index contributed by atoms with van der Waals surface area (Å²) in [6, 6.07) is 0.974. The largest absolute Gasteiger partial charge is 0.345 e. The monoisotopic (exact) mass is 310 g/mol. The number of carbonyl (C=O) groups is 1. The van der Waals surface area contributed by atoms with E-state index in [9.17, 15) is 18.0 Å². The molecule has 0 fully saturated rings. The Kier molecular flexibility index (Phi) is 4.04. The zero-order valence-corrected chi connectivity index (χ0v) is 13.0. The zero-order chi connectivity index (χ0) is 15.8. The minimum Gasteiger partial charge on any atom is -0.345 e. The van der Waals surface area contributed by atoms with Crippen LogP contribution in [0.15, 0.2) is 22.3 Å². The number of carbonyl (C=O) groups excluding carboxylic acids is 1. The minimum absolute atomic E-state index is 0.0323. The van der Waals surface area contributed by atoms with E-state index >= 15 is 0 Å². The van der Waals surface area contributed by atoms with Gasteiger partial charge in [-0.1, -0.05) is 6.92 Å². The molecule has 1 aromatic heterocycles. The highest BCUT2D eigenvalue weighted by Gasteiger charge is 2.25. The molecule has 2 rings (SSSR count). The van der Waals surface area contributed by atoms with Gasteiger partial charge in [-0.15, -0.1) is 0 Å². The Balaban J connectivity index is 2.29. The molecule has 1 amide bonds. The summed E-state index contributed by atoms with van der Waals surface area (Å²) in [6.07, 6.45) is 2.12. The Morgan fingerprint density at radius 1 is 1.48 bits per heavy atom. The van der Waals surface area contributed by atoms with Gasteiger partial charge in [-0.25, -0.2) is 8.42 Å². The molecular formula is C14H18N2O4S. The first-order valence-electron chi connectivity index (χ1n) is 6.66. The number of nitrogens with zero attached hydrogens (tertiary/aromatic N) is 1. The summed E-state index contributed by atoms with van der Waals surface area (Å²) in [5, 5.41) is 3.65. The lowest BCUT2D eigenvalue weighted by Gasteiger charge is -2.14. The Morgan fingerprint density at radius 3 is 2.67 bits per heavy atom. The molecular weight excluding hydrogens is 292 g/mol. The number of amides is 1.